The molecule has 0 atom stereocenters. The molecule has 1 N–H and O–H groups in total. The molecule has 8 nitrogen and oxygen atoms in total. The van der Waals surface area contributed by atoms with Crippen LogP contribution in [0.15, 0.2) is 40.9 Å². The molecule has 156 valence electrons. The van der Waals surface area contributed by atoms with Crippen molar-refractivity contribution in [1.29, 1.82) is 0 Å². The lowest BCUT2D eigenvalue weighted by atomic mass is 10.2. The highest BCUT2D eigenvalue weighted by Crippen LogP contribution is 2.19. The van der Waals surface area contributed by atoms with Crippen molar-refractivity contribution in [2.45, 2.75) is 20.8 Å². The highest BCUT2D eigenvalue weighted by molar-refractivity contribution is 5.97. The number of rotatable bonds is 6. The summed E-state index contributed by atoms with van der Waals surface area (Å²) < 4.78 is 19.7. The Bertz CT molecular complexity index is 1100. The number of carbonyl (C=O) groups is 2. The summed E-state index contributed by atoms with van der Waals surface area (Å²) in [7, 11) is 1.53. The fourth-order valence-electron chi connectivity index (χ4n) is 2.91. The molecule has 3 rings (SSSR count). The summed E-state index contributed by atoms with van der Waals surface area (Å²) in [6.45, 7) is 5.27. The number of hydrogen-bond acceptors (Lipinski definition) is 5. The minimum atomic E-state index is -0.385. The summed E-state index contributed by atoms with van der Waals surface area (Å²) in [5.41, 5.74) is 3.04. The van der Waals surface area contributed by atoms with Gasteiger partial charge in [0.2, 0.25) is 11.8 Å². The number of hydrogen-bond donors (Lipinski definition) is 1. The van der Waals surface area contributed by atoms with Crippen molar-refractivity contribution in [1.82, 2.24) is 19.8 Å². The topological polar surface area (TPSA) is 93.3 Å². The Kier molecular flexibility index (Phi) is 6.10. The van der Waals surface area contributed by atoms with Gasteiger partial charge in [-0.25, -0.2) is 9.07 Å². The van der Waals surface area contributed by atoms with Gasteiger partial charge in [0.05, 0.1) is 17.9 Å². The van der Waals surface area contributed by atoms with Crippen LogP contribution >= 0.6 is 0 Å². The van der Waals surface area contributed by atoms with Crippen molar-refractivity contribution in [3.8, 4) is 5.69 Å². The van der Waals surface area contributed by atoms with Gasteiger partial charge in [0.15, 0.2) is 5.82 Å². The Balaban J connectivity index is 1.66. The lowest BCUT2D eigenvalue weighted by molar-refractivity contribution is -0.129. The molecule has 0 unspecified atom stereocenters. The number of carbonyl (C=O) groups excluding carboxylic acids is 2. The van der Waals surface area contributed by atoms with Gasteiger partial charge >= 0.3 is 0 Å². The summed E-state index contributed by atoms with van der Waals surface area (Å²) in [4.78, 5) is 25.7. The first-order valence-electron chi connectivity index (χ1n) is 9.23. The van der Waals surface area contributed by atoms with E-state index in [-0.39, 0.29) is 24.2 Å². The van der Waals surface area contributed by atoms with Gasteiger partial charge in [-0.1, -0.05) is 5.16 Å². The largest absolute Gasteiger partial charge is 0.360 e. The van der Waals surface area contributed by atoms with Crippen LogP contribution in [-0.4, -0.2) is 45.2 Å². The zero-order valence-electron chi connectivity index (χ0n) is 17.1. The monoisotopic (exact) mass is 411 g/mol. The Morgan fingerprint density at radius 2 is 1.93 bits per heavy atom. The number of aryl methyl sites for hydroxylation is 2. The molecule has 0 spiro atoms. The molecule has 2 amide bonds. The maximum absolute atomic E-state index is 13.2. The van der Waals surface area contributed by atoms with E-state index >= 15 is 0 Å². The van der Waals surface area contributed by atoms with E-state index in [1.54, 1.807) is 35.9 Å². The van der Waals surface area contributed by atoms with E-state index in [9.17, 15) is 14.0 Å². The van der Waals surface area contributed by atoms with Gasteiger partial charge in [-0.15, -0.1) is 0 Å². The van der Waals surface area contributed by atoms with Crippen molar-refractivity contribution >= 4 is 23.7 Å². The lowest BCUT2D eigenvalue weighted by Crippen LogP contribution is -2.33. The smallest absolute Gasteiger partial charge is 0.246 e. The van der Waals surface area contributed by atoms with Crippen LogP contribution in [0.3, 0.4) is 0 Å². The Morgan fingerprint density at radius 3 is 2.57 bits per heavy atom. The average Bonchev–Trinajstić information content (AvgIpc) is 3.22. The van der Waals surface area contributed by atoms with Crippen LogP contribution in [0.25, 0.3) is 11.8 Å². The van der Waals surface area contributed by atoms with Crippen molar-refractivity contribution in [3.05, 3.63) is 64.9 Å². The van der Waals surface area contributed by atoms with Gasteiger partial charge < -0.3 is 14.7 Å². The third-order valence-electron chi connectivity index (χ3n) is 4.46. The summed E-state index contributed by atoms with van der Waals surface area (Å²) in [5, 5.41) is 10.7. The minimum absolute atomic E-state index is 0.137. The number of benzene rings is 1. The molecule has 2 aromatic heterocycles. The van der Waals surface area contributed by atoms with E-state index in [1.807, 2.05) is 13.8 Å². The maximum Gasteiger partial charge on any atom is 0.246 e. The molecule has 1 aromatic carbocycles. The normalized spacial score (nSPS) is 11.1. The number of nitrogens with one attached hydrogen (secondary N) is 1. The summed E-state index contributed by atoms with van der Waals surface area (Å²) in [6.07, 6.45) is 3.05. The second-order valence-electron chi connectivity index (χ2n) is 6.87. The fraction of sp³-hybridized carbons (Fsp3) is 0.238. The van der Waals surface area contributed by atoms with E-state index in [2.05, 4.69) is 15.6 Å². The van der Waals surface area contributed by atoms with E-state index < -0.39 is 0 Å². The van der Waals surface area contributed by atoms with Crippen molar-refractivity contribution in [2.24, 2.45) is 0 Å². The first-order valence-corrected chi connectivity index (χ1v) is 9.23. The van der Waals surface area contributed by atoms with E-state index in [0.717, 1.165) is 22.6 Å². The first kappa shape index (κ1) is 21.0. The Labute approximate surface area is 173 Å². The van der Waals surface area contributed by atoms with E-state index in [1.165, 1.54) is 30.2 Å². The molecule has 3 aromatic rings. The van der Waals surface area contributed by atoms with Crippen molar-refractivity contribution in [2.75, 3.05) is 18.9 Å². The van der Waals surface area contributed by atoms with Crippen LogP contribution < -0.4 is 5.32 Å². The summed E-state index contributed by atoms with van der Waals surface area (Å²) in [5.74, 6) is -0.173. The Morgan fingerprint density at radius 1 is 1.23 bits per heavy atom. The fourth-order valence-corrected chi connectivity index (χ4v) is 2.91. The van der Waals surface area contributed by atoms with Gasteiger partial charge in [-0.05, 0) is 51.1 Å². The maximum atomic E-state index is 13.2. The third-order valence-corrected chi connectivity index (χ3v) is 4.46. The molecule has 0 aliphatic heterocycles. The first-order chi connectivity index (χ1) is 14.2. The standard InChI is InChI=1S/C21H22FN5O3/c1-13-11-19(25-30-13)23-20(28)12-26(4)21(29)10-9-18-14(2)24-27(15(18)3)17-7-5-16(22)6-8-17/h5-11H,12H2,1-4H3,(H,23,25,28)/b10-9+. The quantitative estimate of drug-likeness (QED) is 0.630. The van der Waals surface area contributed by atoms with Crippen LogP contribution in [0.2, 0.25) is 0 Å². The minimum Gasteiger partial charge on any atom is -0.360 e. The molecule has 0 saturated heterocycles. The number of amides is 2. The SMILES string of the molecule is Cc1cc(NC(=O)CN(C)C(=O)/C=C/c2c(C)nn(-c3ccc(F)cc3)c2C)no1. The highest BCUT2D eigenvalue weighted by atomic mass is 19.1. The molecule has 0 aliphatic carbocycles. The number of halogens is 1. The zero-order chi connectivity index (χ0) is 21.8. The Hall–Kier alpha value is -3.75. The number of anilines is 1. The zero-order valence-corrected chi connectivity index (χ0v) is 17.1. The summed E-state index contributed by atoms with van der Waals surface area (Å²) >= 11 is 0. The number of aromatic nitrogens is 3. The highest BCUT2D eigenvalue weighted by Gasteiger charge is 2.14. The summed E-state index contributed by atoms with van der Waals surface area (Å²) in [6, 6.07) is 7.59. The van der Waals surface area contributed by atoms with E-state index in [4.69, 9.17) is 4.52 Å². The molecule has 0 aliphatic rings. The van der Waals surface area contributed by atoms with Gasteiger partial charge in [-0.2, -0.15) is 5.10 Å². The van der Waals surface area contributed by atoms with Crippen LogP contribution in [0.1, 0.15) is 22.7 Å². The molecule has 0 fully saturated rings. The number of likely N-dealkylation sites (N-methyl/N-ethyl adjacent to an activating group) is 1. The molecule has 30 heavy (non-hydrogen) atoms. The van der Waals surface area contributed by atoms with Gasteiger partial charge in [0, 0.05) is 30.4 Å². The molecular weight excluding hydrogens is 389 g/mol. The van der Waals surface area contributed by atoms with Gasteiger partial charge in [0.25, 0.3) is 0 Å². The molecule has 0 radical (unpaired) electrons. The second-order valence-corrected chi connectivity index (χ2v) is 6.87. The van der Waals surface area contributed by atoms with Gasteiger partial charge in [-0.3, -0.25) is 9.59 Å². The van der Waals surface area contributed by atoms with E-state index in [0.29, 0.717) is 11.6 Å². The predicted octanol–water partition coefficient (Wildman–Crippen LogP) is 3.03. The molecule has 0 saturated carbocycles. The number of nitrogens with zero attached hydrogens (tertiary/aromatic N) is 4. The molecule has 2 heterocycles. The molecule has 9 heteroatoms. The van der Waals surface area contributed by atoms with Crippen molar-refractivity contribution < 1.29 is 18.5 Å². The molecular formula is C21H22FN5O3. The van der Waals surface area contributed by atoms with Crippen molar-refractivity contribution in [3.63, 3.8) is 0 Å². The van der Waals surface area contributed by atoms with Crippen LogP contribution in [-0.2, 0) is 9.59 Å². The third kappa shape index (κ3) is 4.80. The molecule has 0 bridgehead atoms. The van der Waals surface area contributed by atoms with Crippen LogP contribution in [0, 0.1) is 26.6 Å². The predicted molar refractivity (Wildman–Crippen MR) is 110 cm³/mol. The lowest BCUT2D eigenvalue weighted by Gasteiger charge is -2.13. The second kappa shape index (κ2) is 8.73. The van der Waals surface area contributed by atoms with Crippen LogP contribution in [0.5, 0.6) is 0 Å². The van der Waals surface area contributed by atoms with Gasteiger partial charge in [0.1, 0.15) is 11.6 Å². The average molecular weight is 411 g/mol. The van der Waals surface area contributed by atoms with Crippen LogP contribution in [0.4, 0.5) is 10.2 Å².